The smallest absolute Gasteiger partial charge is 0.316 e. The summed E-state index contributed by atoms with van der Waals surface area (Å²) in [6.45, 7) is 9.64. The lowest BCUT2D eigenvalue weighted by atomic mass is 9.75. The van der Waals surface area contributed by atoms with Crippen molar-refractivity contribution in [3.8, 4) is 11.5 Å². The Morgan fingerprint density at radius 3 is 1.21 bits per heavy atom. The monoisotopic (exact) mass is 454 g/mol. The summed E-state index contributed by atoms with van der Waals surface area (Å²) in [6.07, 6.45) is 0.186. The Kier molecular flexibility index (Phi) is 7.98. The number of nitrogens with one attached hydrogen (secondary N) is 2. The lowest BCUT2D eigenvalue weighted by Crippen LogP contribution is -2.39. The maximum atomic E-state index is 12.8. The highest BCUT2D eigenvalue weighted by molar-refractivity contribution is 5.89. The molecule has 0 saturated heterocycles. The summed E-state index contributed by atoms with van der Waals surface area (Å²) < 4.78 is 11.0. The zero-order valence-corrected chi connectivity index (χ0v) is 19.8. The molecule has 0 atom stereocenters. The molecule has 8 nitrogen and oxygen atoms in total. The second-order valence-corrected chi connectivity index (χ2v) is 9.13. The molecule has 33 heavy (non-hydrogen) atoms. The second-order valence-electron chi connectivity index (χ2n) is 9.13. The van der Waals surface area contributed by atoms with Crippen molar-refractivity contribution < 1.29 is 28.7 Å². The van der Waals surface area contributed by atoms with E-state index in [1.807, 2.05) is 0 Å². The molecule has 176 valence electrons. The number of rotatable bonds is 8. The first-order valence-corrected chi connectivity index (χ1v) is 10.5. The topological polar surface area (TPSA) is 111 Å². The lowest BCUT2D eigenvalue weighted by molar-refractivity contribution is -0.151. The van der Waals surface area contributed by atoms with Crippen LogP contribution in [0.5, 0.6) is 11.5 Å². The van der Waals surface area contributed by atoms with Gasteiger partial charge in [-0.25, -0.2) is 0 Å². The highest BCUT2D eigenvalue weighted by atomic mass is 16.5. The Bertz CT molecular complexity index is 940. The van der Waals surface area contributed by atoms with Crippen molar-refractivity contribution >= 4 is 35.1 Å². The van der Waals surface area contributed by atoms with Gasteiger partial charge in [0, 0.05) is 25.2 Å². The molecule has 0 bridgehead atoms. The minimum Gasteiger partial charge on any atom is -0.426 e. The van der Waals surface area contributed by atoms with Crippen LogP contribution in [0.3, 0.4) is 0 Å². The van der Waals surface area contributed by atoms with Gasteiger partial charge in [0.1, 0.15) is 11.5 Å². The zero-order valence-electron chi connectivity index (χ0n) is 19.8. The molecule has 0 heterocycles. The molecule has 0 aliphatic carbocycles. The van der Waals surface area contributed by atoms with Gasteiger partial charge in [-0.2, -0.15) is 0 Å². The summed E-state index contributed by atoms with van der Waals surface area (Å²) in [7, 11) is 0. The Morgan fingerprint density at radius 1 is 0.636 bits per heavy atom. The Morgan fingerprint density at radius 2 is 0.939 bits per heavy atom. The van der Waals surface area contributed by atoms with Crippen molar-refractivity contribution in [3.63, 3.8) is 0 Å². The van der Waals surface area contributed by atoms with Gasteiger partial charge in [-0.15, -0.1) is 0 Å². The predicted octanol–water partition coefficient (Wildman–Crippen LogP) is 4.56. The number of esters is 2. The van der Waals surface area contributed by atoms with Crippen molar-refractivity contribution in [3.05, 3.63) is 48.5 Å². The SMILES string of the molecule is CC(=O)Nc1ccc(OC(=O)C(C)(C)CC(C)(C)C(=O)Oc2ccc(NC(C)=O)cc2)cc1. The Labute approximate surface area is 193 Å². The fourth-order valence-electron chi connectivity index (χ4n) is 3.36. The first-order valence-electron chi connectivity index (χ1n) is 10.5. The predicted molar refractivity (Wildman–Crippen MR) is 125 cm³/mol. The number of hydrogen-bond donors (Lipinski definition) is 2. The fraction of sp³-hybridized carbons (Fsp3) is 0.360. The molecular weight excluding hydrogens is 424 g/mol. The molecule has 2 amide bonds. The quantitative estimate of drug-likeness (QED) is 0.447. The van der Waals surface area contributed by atoms with Gasteiger partial charge in [0.15, 0.2) is 0 Å². The van der Waals surface area contributed by atoms with Gasteiger partial charge in [-0.05, 0) is 82.6 Å². The van der Waals surface area contributed by atoms with E-state index in [-0.39, 0.29) is 18.2 Å². The molecule has 2 rings (SSSR count). The molecule has 2 aromatic rings. The van der Waals surface area contributed by atoms with Crippen LogP contribution in [0.4, 0.5) is 11.4 Å². The van der Waals surface area contributed by atoms with Gasteiger partial charge < -0.3 is 20.1 Å². The third-order valence-corrected chi connectivity index (χ3v) is 4.76. The highest BCUT2D eigenvalue weighted by Crippen LogP contribution is 2.36. The molecule has 2 N–H and O–H groups in total. The summed E-state index contributed by atoms with van der Waals surface area (Å²) in [6, 6.07) is 12.9. The van der Waals surface area contributed by atoms with Gasteiger partial charge in [-0.1, -0.05) is 0 Å². The molecule has 0 aliphatic heterocycles. The number of benzene rings is 2. The van der Waals surface area contributed by atoms with Crippen LogP contribution in [0.2, 0.25) is 0 Å². The number of amides is 2. The van der Waals surface area contributed by atoms with E-state index in [4.69, 9.17) is 9.47 Å². The molecule has 2 aromatic carbocycles. The zero-order chi connectivity index (χ0) is 24.8. The minimum absolute atomic E-state index is 0.186. The molecule has 0 saturated carbocycles. The first kappa shape index (κ1) is 25.6. The van der Waals surface area contributed by atoms with Gasteiger partial charge in [0.05, 0.1) is 10.8 Å². The Hall–Kier alpha value is -3.68. The van der Waals surface area contributed by atoms with E-state index < -0.39 is 22.8 Å². The van der Waals surface area contributed by atoms with Crippen LogP contribution in [0.25, 0.3) is 0 Å². The van der Waals surface area contributed by atoms with E-state index >= 15 is 0 Å². The standard InChI is InChI=1S/C25H30N2O6/c1-16(28)26-18-7-11-20(12-8-18)32-22(30)24(3,4)15-25(5,6)23(31)33-21-13-9-19(10-14-21)27-17(2)29/h7-14H,15H2,1-6H3,(H,26,28)(H,27,29). The molecule has 0 aromatic heterocycles. The summed E-state index contributed by atoms with van der Waals surface area (Å²) in [5, 5.41) is 5.28. The normalized spacial score (nSPS) is 11.3. The van der Waals surface area contributed by atoms with Crippen molar-refractivity contribution in [2.45, 2.75) is 48.0 Å². The van der Waals surface area contributed by atoms with Crippen LogP contribution < -0.4 is 20.1 Å². The third kappa shape index (κ3) is 7.75. The summed E-state index contributed by atoms with van der Waals surface area (Å²) in [4.78, 5) is 47.8. The van der Waals surface area contributed by atoms with Crippen LogP contribution in [-0.2, 0) is 19.2 Å². The van der Waals surface area contributed by atoms with E-state index in [9.17, 15) is 19.2 Å². The van der Waals surface area contributed by atoms with Crippen LogP contribution in [-0.4, -0.2) is 23.8 Å². The van der Waals surface area contributed by atoms with Crippen LogP contribution in [0.1, 0.15) is 48.0 Å². The number of anilines is 2. The van der Waals surface area contributed by atoms with E-state index in [1.54, 1.807) is 76.2 Å². The molecule has 0 spiro atoms. The van der Waals surface area contributed by atoms with Crippen LogP contribution in [0.15, 0.2) is 48.5 Å². The van der Waals surface area contributed by atoms with Crippen LogP contribution >= 0.6 is 0 Å². The minimum atomic E-state index is -0.978. The summed E-state index contributed by atoms with van der Waals surface area (Å²) in [5.41, 5.74) is -0.770. The fourth-order valence-corrected chi connectivity index (χ4v) is 3.36. The van der Waals surface area contributed by atoms with E-state index in [0.717, 1.165) is 0 Å². The molecule has 0 aliphatic rings. The number of ether oxygens (including phenoxy) is 2. The largest absolute Gasteiger partial charge is 0.426 e. The van der Waals surface area contributed by atoms with Gasteiger partial charge >= 0.3 is 11.9 Å². The number of carbonyl (C=O) groups is 4. The Balaban J connectivity index is 2.00. The molecular formula is C25H30N2O6. The third-order valence-electron chi connectivity index (χ3n) is 4.76. The average Bonchev–Trinajstić information content (AvgIpc) is 2.69. The number of carbonyl (C=O) groups excluding carboxylic acids is 4. The average molecular weight is 455 g/mol. The van der Waals surface area contributed by atoms with Crippen LogP contribution in [0, 0.1) is 10.8 Å². The summed E-state index contributed by atoms with van der Waals surface area (Å²) >= 11 is 0. The molecule has 8 heteroatoms. The molecule has 0 unspecified atom stereocenters. The van der Waals surface area contributed by atoms with Crippen molar-refractivity contribution in [2.24, 2.45) is 10.8 Å². The molecule has 0 radical (unpaired) electrons. The summed E-state index contributed by atoms with van der Waals surface area (Å²) in [5.74, 6) is -0.702. The number of hydrogen-bond acceptors (Lipinski definition) is 6. The lowest BCUT2D eigenvalue weighted by Gasteiger charge is -2.31. The second kappa shape index (κ2) is 10.3. The van der Waals surface area contributed by atoms with Gasteiger partial charge in [0.2, 0.25) is 11.8 Å². The first-order chi connectivity index (χ1) is 15.3. The molecule has 0 fully saturated rings. The maximum Gasteiger partial charge on any atom is 0.316 e. The van der Waals surface area contributed by atoms with Crippen molar-refractivity contribution in [2.75, 3.05) is 10.6 Å². The highest BCUT2D eigenvalue weighted by Gasteiger charge is 2.41. The maximum absolute atomic E-state index is 12.8. The van der Waals surface area contributed by atoms with Crippen molar-refractivity contribution in [1.29, 1.82) is 0 Å². The van der Waals surface area contributed by atoms with Gasteiger partial charge in [-0.3, -0.25) is 19.2 Å². The van der Waals surface area contributed by atoms with E-state index in [0.29, 0.717) is 22.9 Å². The van der Waals surface area contributed by atoms with E-state index in [1.165, 1.54) is 13.8 Å². The van der Waals surface area contributed by atoms with Gasteiger partial charge in [0.25, 0.3) is 0 Å². The van der Waals surface area contributed by atoms with Crippen molar-refractivity contribution in [1.82, 2.24) is 0 Å². The van der Waals surface area contributed by atoms with E-state index in [2.05, 4.69) is 10.6 Å².